The number of hydrogen-bond donors (Lipinski definition) is 1. The summed E-state index contributed by atoms with van der Waals surface area (Å²) in [5.74, 6) is 1.80. The first-order valence-electron chi connectivity index (χ1n) is 13.5. The van der Waals surface area contributed by atoms with Gasteiger partial charge in [-0.25, -0.2) is 0 Å². The Labute approximate surface area is 210 Å². The van der Waals surface area contributed by atoms with Crippen LogP contribution in [0.3, 0.4) is 0 Å². The average Bonchev–Trinajstić information content (AvgIpc) is 2.77. The van der Waals surface area contributed by atoms with Gasteiger partial charge in [-0.15, -0.1) is 0 Å². The third kappa shape index (κ3) is 6.52. The Morgan fingerprint density at radius 2 is 1.18 bits per heavy atom. The van der Waals surface area contributed by atoms with Crippen molar-refractivity contribution in [1.29, 1.82) is 0 Å². The Kier molecular flexibility index (Phi) is 9.97. The van der Waals surface area contributed by atoms with Crippen LogP contribution >= 0.6 is 0 Å². The molecule has 1 N–H and O–H groups in total. The zero-order valence-electron chi connectivity index (χ0n) is 23.8. The molecule has 0 radical (unpaired) electrons. The molecule has 2 rings (SSSR count). The summed E-state index contributed by atoms with van der Waals surface area (Å²) in [6, 6.07) is 13.5. The van der Waals surface area contributed by atoms with Crippen molar-refractivity contribution in [3.8, 4) is 0 Å². The zero-order chi connectivity index (χ0) is 25.6. The lowest BCUT2D eigenvalue weighted by Gasteiger charge is -2.35. The molecule has 34 heavy (non-hydrogen) atoms. The second-order valence-electron chi connectivity index (χ2n) is 11.5. The van der Waals surface area contributed by atoms with Crippen LogP contribution in [-0.4, -0.2) is 11.3 Å². The minimum Gasteiger partial charge on any atom is -0.374 e. The molecule has 0 unspecified atom stereocenters. The highest BCUT2D eigenvalue weighted by molar-refractivity contribution is 5.96. The first kappa shape index (κ1) is 28.1. The average molecular weight is 463 g/mol. The lowest BCUT2D eigenvalue weighted by atomic mass is 9.86. The maximum absolute atomic E-state index is 5.43. The van der Waals surface area contributed by atoms with Crippen molar-refractivity contribution >= 4 is 17.1 Å². The monoisotopic (exact) mass is 462 g/mol. The molecule has 2 nitrogen and oxygen atoms in total. The van der Waals surface area contributed by atoms with Crippen molar-refractivity contribution in [1.82, 2.24) is 0 Å². The minimum absolute atomic E-state index is 0.219. The van der Waals surface area contributed by atoms with E-state index in [1.165, 1.54) is 52.2 Å². The number of anilines is 1. The van der Waals surface area contributed by atoms with Gasteiger partial charge in [0.05, 0.1) is 11.2 Å². The summed E-state index contributed by atoms with van der Waals surface area (Å²) in [7, 11) is 0. The molecular weight excluding hydrogens is 412 g/mol. The first-order valence-corrected chi connectivity index (χ1v) is 13.5. The van der Waals surface area contributed by atoms with Gasteiger partial charge in [-0.05, 0) is 66.2 Å². The van der Waals surface area contributed by atoms with Crippen LogP contribution in [0.15, 0.2) is 41.4 Å². The van der Waals surface area contributed by atoms with E-state index in [2.05, 4.69) is 118 Å². The Morgan fingerprint density at radius 3 is 1.56 bits per heavy atom. The van der Waals surface area contributed by atoms with Crippen LogP contribution in [-0.2, 0) is 0 Å². The van der Waals surface area contributed by atoms with Crippen molar-refractivity contribution in [2.75, 3.05) is 5.32 Å². The van der Waals surface area contributed by atoms with Crippen LogP contribution in [0.25, 0.3) is 0 Å². The highest BCUT2D eigenvalue weighted by atomic mass is 15.0. The third-order valence-electron chi connectivity index (χ3n) is 7.22. The minimum atomic E-state index is -0.219. The van der Waals surface area contributed by atoms with Crippen LogP contribution in [0.5, 0.6) is 0 Å². The standard InChI is InChI=1S/C32H50N2/c1-12-13-20-32(11,34-31-28(23(6)7)18-15-19-29(31)24(8)9)25(10)33-30-26(21(2)3)16-14-17-27(30)22(4)5/h14-19,21-24,34H,12-13,20H2,1-11H3/t32-/m0/s1. The van der Waals surface area contributed by atoms with E-state index < -0.39 is 0 Å². The number of aliphatic imine (C=N–C) groups is 1. The second kappa shape index (κ2) is 12.0. The maximum Gasteiger partial charge on any atom is 0.0725 e. The smallest absolute Gasteiger partial charge is 0.0725 e. The topological polar surface area (TPSA) is 24.4 Å². The molecule has 0 aliphatic rings. The Balaban J connectivity index is 2.70. The molecule has 1 atom stereocenters. The highest BCUT2D eigenvalue weighted by Crippen LogP contribution is 2.38. The lowest BCUT2D eigenvalue weighted by molar-refractivity contribution is 0.566. The van der Waals surface area contributed by atoms with Crippen LogP contribution in [0.4, 0.5) is 11.4 Å². The van der Waals surface area contributed by atoms with E-state index in [0.717, 1.165) is 6.42 Å². The second-order valence-corrected chi connectivity index (χ2v) is 11.5. The summed E-state index contributed by atoms with van der Waals surface area (Å²) >= 11 is 0. The van der Waals surface area contributed by atoms with E-state index in [4.69, 9.17) is 4.99 Å². The van der Waals surface area contributed by atoms with Gasteiger partial charge >= 0.3 is 0 Å². The van der Waals surface area contributed by atoms with Crippen LogP contribution < -0.4 is 5.32 Å². The predicted molar refractivity (Wildman–Crippen MR) is 154 cm³/mol. The first-order chi connectivity index (χ1) is 15.9. The number of nitrogens with one attached hydrogen (secondary N) is 1. The van der Waals surface area contributed by atoms with Crippen molar-refractivity contribution in [2.24, 2.45) is 4.99 Å². The van der Waals surface area contributed by atoms with Gasteiger partial charge in [0, 0.05) is 11.4 Å². The van der Waals surface area contributed by atoms with Crippen molar-refractivity contribution in [3.63, 3.8) is 0 Å². The maximum atomic E-state index is 5.43. The van der Waals surface area contributed by atoms with Gasteiger partial charge in [0.2, 0.25) is 0 Å². The molecule has 0 saturated heterocycles. The molecule has 0 fully saturated rings. The van der Waals surface area contributed by atoms with E-state index in [1.807, 2.05) is 0 Å². The van der Waals surface area contributed by atoms with Gasteiger partial charge in [-0.2, -0.15) is 0 Å². The lowest BCUT2D eigenvalue weighted by Crippen LogP contribution is -2.43. The molecule has 0 amide bonds. The Bertz CT molecular complexity index is 912. The molecule has 188 valence electrons. The highest BCUT2D eigenvalue weighted by Gasteiger charge is 2.30. The number of unbranched alkanes of at least 4 members (excludes halogenated alkanes) is 1. The molecule has 2 aromatic carbocycles. The molecule has 0 aliphatic carbocycles. The fourth-order valence-electron chi connectivity index (χ4n) is 4.77. The molecule has 0 aromatic heterocycles. The summed E-state index contributed by atoms with van der Waals surface area (Å²) in [4.78, 5) is 5.43. The summed E-state index contributed by atoms with van der Waals surface area (Å²) in [5.41, 5.74) is 8.91. The third-order valence-corrected chi connectivity index (χ3v) is 7.22. The fourth-order valence-corrected chi connectivity index (χ4v) is 4.77. The van der Waals surface area contributed by atoms with Crippen LogP contribution in [0.2, 0.25) is 0 Å². The van der Waals surface area contributed by atoms with E-state index in [0.29, 0.717) is 23.7 Å². The fraction of sp³-hybridized carbons (Fsp3) is 0.594. The van der Waals surface area contributed by atoms with Crippen molar-refractivity contribution < 1.29 is 0 Å². The van der Waals surface area contributed by atoms with Gasteiger partial charge in [0.15, 0.2) is 0 Å². The van der Waals surface area contributed by atoms with Gasteiger partial charge in [-0.1, -0.05) is 112 Å². The van der Waals surface area contributed by atoms with Crippen LogP contribution in [0, 0.1) is 0 Å². The molecule has 0 aliphatic heterocycles. The molecule has 0 saturated carbocycles. The summed E-state index contributed by atoms with van der Waals surface area (Å²) < 4.78 is 0. The van der Waals surface area contributed by atoms with E-state index in [1.54, 1.807) is 0 Å². The van der Waals surface area contributed by atoms with Gasteiger partial charge in [0.1, 0.15) is 0 Å². The largest absolute Gasteiger partial charge is 0.374 e. The molecule has 2 aromatic rings. The number of para-hydroxylation sites is 2. The van der Waals surface area contributed by atoms with E-state index in [-0.39, 0.29) is 5.54 Å². The predicted octanol–water partition coefficient (Wildman–Crippen LogP) is 10.3. The summed E-state index contributed by atoms with van der Waals surface area (Å²) in [6.45, 7) is 25.1. The normalized spacial score (nSPS) is 14.4. The molecule has 0 heterocycles. The number of benzene rings is 2. The van der Waals surface area contributed by atoms with Crippen molar-refractivity contribution in [3.05, 3.63) is 58.7 Å². The van der Waals surface area contributed by atoms with E-state index >= 15 is 0 Å². The van der Waals surface area contributed by atoms with Gasteiger partial charge in [-0.3, -0.25) is 4.99 Å². The molecule has 0 bridgehead atoms. The quantitative estimate of drug-likeness (QED) is 0.330. The number of rotatable bonds is 11. The zero-order valence-corrected chi connectivity index (χ0v) is 23.8. The number of nitrogens with zero attached hydrogens (tertiary/aromatic N) is 1. The SMILES string of the molecule is CCCC[C@](C)(Nc1c(C(C)C)cccc1C(C)C)C(C)=Nc1c(C(C)C)cccc1C(C)C. The van der Waals surface area contributed by atoms with Gasteiger partial charge < -0.3 is 5.32 Å². The number of hydrogen-bond acceptors (Lipinski definition) is 2. The van der Waals surface area contributed by atoms with E-state index in [9.17, 15) is 0 Å². The Hall–Kier alpha value is -2.09. The van der Waals surface area contributed by atoms with Gasteiger partial charge in [0.25, 0.3) is 0 Å². The summed E-state index contributed by atoms with van der Waals surface area (Å²) in [6.07, 6.45) is 3.40. The van der Waals surface area contributed by atoms with Crippen molar-refractivity contribution in [2.45, 2.75) is 125 Å². The summed E-state index contributed by atoms with van der Waals surface area (Å²) in [5, 5.41) is 4.08. The molecule has 2 heteroatoms. The molecular formula is C32H50N2. The molecule has 0 spiro atoms. The van der Waals surface area contributed by atoms with Crippen LogP contribution in [0.1, 0.15) is 141 Å². The Morgan fingerprint density at radius 1 is 0.765 bits per heavy atom.